The fourth-order valence-corrected chi connectivity index (χ4v) is 1.89. The SMILES string of the molecule is CCOCCCOc1cccc(N2CC(=O)NC(=O)N2)c1. The number of benzene rings is 1. The van der Waals surface area contributed by atoms with E-state index in [1.54, 1.807) is 12.1 Å². The highest BCUT2D eigenvalue weighted by Gasteiger charge is 2.21. The molecule has 1 saturated heterocycles. The molecular formula is C14H19N3O4. The number of ether oxygens (including phenoxy) is 2. The molecule has 2 N–H and O–H groups in total. The third-order valence-electron chi connectivity index (χ3n) is 2.83. The molecule has 1 aliphatic rings. The van der Waals surface area contributed by atoms with E-state index in [0.717, 1.165) is 6.42 Å². The first kappa shape index (κ1) is 15.1. The highest BCUT2D eigenvalue weighted by molar-refractivity contribution is 6.00. The first-order chi connectivity index (χ1) is 10.2. The average Bonchev–Trinajstić information content (AvgIpc) is 2.46. The van der Waals surface area contributed by atoms with Crippen LogP contribution in [0, 0.1) is 0 Å². The van der Waals surface area contributed by atoms with Gasteiger partial charge in [-0.25, -0.2) is 10.2 Å². The molecule has 1 aromatic carbocycles. The molecule has 2 rings (SSSR count). The molecule has 0 saturated carbocycles. The summed E-state index contributed by atoms with van der Waals surface area (Å²) in [5.74, 6) is 0.339. The van der Waals surface area contributed by atoms with Crippen molar-refractivity contribution in [1.82, 2.24) is 10.7 Å². The topological polar surface area (TPSA) is 79.9 Å². The standard InChI is InChI=1S/C14H19N3O4/c1-2-20-7-4-8-21-12-6-3-5-11(9-12)17-10-13(18)15-14(19)16-17/h3,5-6,9H,2,4,7-8,10H2,1H3,(H2,15,16,18,19). The quantitative estimate of drug-likeness (QED) is 0.735. The lowest BCUT2D eigenvalue weighted by molar-refractivity contribution is -0.119. The molecule has 0 aliphatic carbocycles. The smallest absolute Gasteiger partial charge is 0.340 e. The van der Waals surface area contributed by atoms with Crippen molar-refractivity contribution >= 4 is 17.6 Å². The van der Waals surface area contributed by atoms with E-state index in [1.807, 2.05) is 19.1 Å². The largest absolute Gasteiger partial charge is 0.493 e. The normalized spacial score (nSPS) is 14.6. The Balaban J connectivity index is 1.91. The van der Waals surface area contributed by atoms with E-state index in [4.69, 9.17) is 9.47 Å². The van der Waals surface area contributed by atoms with Crippen LogP contribution >= 0.6 is 0 Å². The molecule has 0 bridgehead atoms. The lowest BCUT2D eigenvalue weighted by atomic mass is 10.3. The molecule has 7 nitrogen and oxygen atoms in total. The van der Waals surface area contributed by atoms with Crippen LogP contribution in [0.4, 0.5) is 10.5 Å². The van der Waals surface area contributed by atoms with E-state index in [0.29, 0.717) is 31.3 Å². The van der Waals surface area contributed by atoms with Gasteiger partial charge >= 0.3 is 6.03 Å². The van der Waals surface area contributed by atoms with E-state index >= 15 is 0 Å². The number of rotatable bonds is 7. The lowest BCUT2D eigenvalue weighted by Gasteiger charge is -2.28. The van der Waals surface area contributed by atoms with Crippen LogP contribution in [0.15, 0.2) is 24.3 Å². The van der Waals surface area contributed by atoms with Crippen molar-refractivity contribution in [2.45, 2.75) is 13.3 Å². The second-order valence-electron chi connectivity index (χ2n) is 4.47. The van der Waals surface area contributed by atoms with E-state index < -0.39 is 6.03 Å². The molecule has 0 spiro atoms. The number of carbonyl (C=O) groups excluding carboxylic acids is 2. The number of hydrogen-bond donors (Lipinski definition) is 2. The molecule has 1 heterocycles. The van der Waals surface area contributed by atoms with Gasteiger partial charge in [0.25, 0.3) is 0 Å². The van der Waals surface area contributed by atoms with Crippen LogP contribution in [0.2, 0.25) is 0 Å². The van der Waals surface area contributed by atoms with Crippen molar-refractivity contribution in [2.24, 2.45) is 0 Å². The fourth-order valence-electron chi connectivity index (χ4n) is 1.89. The number of anilines is 1. The maximum absolute atomic E-state index is 11.4. The molecule has 1 fully saturated rings. The van der Waals surface area contributed by atoms with Crippen molar-refractivity contribution in [2.75, 3.05) is 31.4 Å². The minimum atomic E-state index is -0.533. The zero-order valence-corrected chi connectivity index (χ0v) is 11.9. The van der Waals surface area contributed by atoms with Crippen LogP contribution in [0.3, 0.4) is 0 Å². The van der Waals surface area contributed by atoms with Gasteiger partial charge in [-0.1, -0.05) is 6.07 Å². The third-order valence-corrected chi connectivity index (χ3v) is 2.83. The van der Waals surface area contributed by atoms with Gasteiger partial charge in [0, 0.05) is 25.7 Å². The predicted molar refractivity (Wildman–Crippen MR) is 77.1 cm³/mol. The summed E-state index contributed by atoms with van der Waals surface area (Å²) in [5, 5.41) is 3.65. The minimum absolute atomic E-state index is 0.0690. The van der Waals surface area contributed by atoms with Crippen LogP contribution in [0.5, 0.6) is 5.75 Å². The van der Waals surface area contributed by atoms with Crippen LogP contribution in [-0.2, 0) is 9.53 Å². The van der Waals surface area contributed by atoms with Crippen molar-refractivity contribution < 1.29 is 19.1 Å². The molecule has 3 amide bonds. The Morgan fingerprint density at radius 1 is 1.29 bits per heavy atom. The summed E-state index contributed by atoms with van der Waals surface area (Å²) in [6.07, 6.45) is 0.806. The van der Waals surface area contributed by atoms with Gasteiger partial charge in [0.1, 0.15) is 12.3 Å². The summed E-state index contributed by atoms with van der Waals surface area (Å²) >= 11 is 0. The van der Waals surface area contributed by atoms with Crippen molar-refractivity contribution in [1.29, 1.82) is 0 Å². The van der Waals surface area contributed by atoms with Gasteiger partial charge in [0.15, 0.2) is 0 Å². The Labute approximate surface area is 123 Å². The highest BCUT2D eigenvalue weighted by Crippen LogP contribution is 2.20. The number of nitrogens with zero attached hydrogens (tertiary/aromatic N) is 1. The number of hydrogen-bond acceptors (Lipinski definition) is 5. The maximum Gasteiger partial charge on any atom is 0.340 e. The molecule has 21 heavy (non-hydrogen) atoms. The first-order valence-corrected chi connectivity index (χ1v) is 6.87. The van der Waals surface area contributed by atoms with Crippen molar-refractivity contribution in [3.63, 3.8) is 0 Å². The van der Waals surface area contributed by atoms with E-state index in [-0.39, 0.29) is 12.5 Å². The lowest BCUT2D eigenvalue weighted by Crippen LogP contribution is -2.59. The number of carbonyl (C=O) groups is 2. The van der Waals surface area contributed by atoms with Crippen molar-refractivity contribution in [3.8, 4) is 5.75 Å². The summed E-state index contributed by atoms with van der Waals surface area (Å²) in [7, 11) is 0. The maximum atomic E-state index is 11.4. The molecule has 114 valence electrons. The second kappa shape index (κ2) is 7.49. The Morgan fingerprint density at radius 3 is 2.90 bits per heavy atom. The predicted octanol–water partition coefficient (Wildman–Crippen LogP) is 1.05. The van der Waals surface area contributed by atoms with E-state index in [1.165, 1.54) is 5.01 Å². The van der Waals surface area contributed by atoms with Gasteiger partial charge in [-0.2, -0.15) is 0 Å². The van der Waals surface area contributed by atoms with Crippen LogP contribution in [0.25, 0.3) is 0 Å². The highest BCUT2D eigenvalue weighted by atomic mass is 16.5. The fraction of sp³-hybridized carbons (Fsp3) is 0.429. The molecule has 0 unspecified atom stereocenters. The zero-order chi connectivity index (χ0) is 15.1. The Kier molecular flexibility index (Phi) is 5.39. The molecule has 7 heteroatoms. The Morgan fingerprint density at radius 2 is 2.14 bits per heavy atom. The van der Waals surface area contributed by atoms with Gasteiger partial charge in [0.2, 0.25) is 5.91 Å². The minimum Gasteiger partial charge on any atom is -0.493 e. The van der Waals surface area contributed by atoms with Gasteiger partial charge in [-0.3, -0.25) is 15.1 Å². The molecule has 0 aromatic heterocycles. The van der Waals surface area contributed by atoms with Gasteiger partial charge < -0.3 is 9.47 Å². The number of hydrazine groups is 1. The van der Waals surface area contributed by atoms with Gasteiger partial charge in [-0.05, 0) is 19.1 Å². The molecule has 1 aromatic rings. The van der Waals surface area contributed by atoms with Gasteiger partial charge in [-0.15, -0.1) is 0 Å². The number of amides is 3. The second-order valence-corrected chi connectivity index (χ2v) is 4.47. The van der Waals surface area contributed by atoms with Crippen LogP contribution in [-0.4, -0.2) is 38.3 Å². The summed E-state index contributed by atoms with van der Waals surface area (Å²) in [6.45, 7) is 3.94. The summed E-state index contributed by atoms with van der Waals surface area (Å²) in [4.78, 5) is 22.6. The van der Waals surface area contributed by atoms with Crippen LogP contribution < -0.4 is 20.5 Å². The third kappa shape index (κ3) is 4.64. The summed E-state index contributed by atoms with van der Waals surface area (Å²) in [6, 6.07) is 6.68. The first-order valence-electron chi connectivity index (χ1n) is 6.87. The Bertz CT molecular complexity index is 491. The van der Waals surface area contributed by atoms with Crippen molar-refractivity contribution in [3.05, 3.63) is 24.3 Å². The monoisotopic (exact) mass is 293 g/mol. The number of nitrogens with one attached hydrogen (secondary N) is 2. The molecular weight excluding hydrogens is 274 g/mol. The Hall–Kier alpha value is -2.28. The number of imide groups is 1. The van der Waals surface area contributed by atoms with E-state index in [9.17, 15) is 9.59 Å². The molecule has 0 radical (unpaired) electrons. The molecule has 1 aliphatic heterocycles. The number of urea groups is 1. The van der Waals surface area contributed by atoms with Crippen LogP contribution in [0.1, 0.15) is 13.3 Å². The zero-order valence-electron chi connectivity index (χ0n) is 11.9. The summed E-state index contributed by atoms with van der Waals surface area (Å²) < 4.78 is 10.9. The molecule has 0 atom stereocenters. The average molecular weight is 293 g/mol. The summed E-state index contributed by atoms with van der Waals surface area (Å²) in [5.41, 5.74) is 3.26. The van der Waals surface area contributed by atoms with Gasteiger partial charge in [0.05, 0.1) is 12.3 Å². The van der Waals surface area contributed by atoms with E-state index in [2.05, 4.69) is 10.7 Å².